The molecular weight excluding hydrogens is 174 g/mol. The van der Waals surface area contributed by atoms with Crippen LogP contribution in [0.5, 0.6) is 5.75 Å². The molecule has 0 aliphatic heterocycles. The Kier molecular flexibility index (Phi) is 2.70. The zero-order valence-electron chi connectivity index (χ0n) is 6.61. The second-order valence-electron chi connectivity index (χ2n) is 2.41. The van der Waals surface area contributed by atoms with Crippen molar-refractivity contribution in [3.05, 3.63) is 23.0 Å². The van der Waals surface area contributed by atoms with E-state index in [1.165, 1.54) is 0 Å². The number of aromatic hydroxyl groups is 1. The summed E-state index contributed by atoms with van der Waals surface area (Å²) in [4.78, 5) is 14.4. The lowest BCUT2D eigenvalue weighted by Crippen LogP contribution is -1.95. The summed E-state index contributed by atoms with van der Waals surface area (Å²) in [5.41, 5.74) is 1.40. The van der Waals surface area contributed by atoms with E-state index in [4.69, 9.17) is 0 Å². The first kappa shape index (κ1) is 9.06. The van der Waals surface area contributed by atoms with Gasteiger partial charge in [0.05, 0.1) is 11.3 Å². The molecule has 0 aliphatic rings. The summed E-state index contributed by atoms with van der Waals surface area (Å²) in [5, 5.41) is 9.38. The number of nitrogens with zero attached hydrogens (tertiary/aromatic N) is 1. The van der Waals surface area contributed by atoms with Crippen molar-refractivity contribution in [3.63, 3.8) is 0 Å². The van der Waals surface area contributed by atoms with Gasteiger partial charge in [0.2, 0.25) is 0 Å². The molecule has 0 saturated carbocycles. The van der Waals surface area contributed by atoms with E-state index in [9.17, 15) is 9.90 Å². The Balaban J connectivity index is 3.35. The SMILES string of the molecule is Cc1ncc(CS)c(C=O)c1O. The standard InChI is InChI=1S/C8H9NO2S/c1-5-8(11)7(3-10)6(4-12)2-9-5/h2-3,11-12H,4H2,1H3. The second kappa shape index (κ2) is 3.58. The Morgan fingerprint density at radius 1 is 1.75 bits per heavy atom. The molecule has 0 fully saturated rings. The summed E-state index contributed by atoms with van der Waals surface area (Å²) in [7, 11) is 0. The number of hydrogen-bond donors (Lipinski definition) is 2. The molecule has 0 spiro atoms. The minimum absolute atomic E-state index is 0.0449. The smallest absolute Gasteiger partial charge is 0.154 e. The molecule has 0 saturated heterocycles. The topological polar surface area (TPSA) is 50.2 Å². The van der Waals surface area contributed by atoms with Gasteiger partial charge in [0.1, 0.15) is 5.75 Å². The number of aromatic nitrogens is 1. The lowest BCUT2D eigenvalue weighted by molar-refractivity contribution is 0.112. The van der Waals surface area contributed by atoms with Crippen LogP contribution < -0.4 is 0 Å². The summed E-state index contributed by atoms with van der Waals surface area (Å²) >= 11 is 4.01. The van der Waals surface area contributed by atoms with Gasteiger partial charge in [0.15, 0.2) is 6.29 Å². The molecule has 0 aliphatic carbocycles. The monoisotopic (exact) mass is 183 g/mol. The number of aldehydes is 1. The molecule has 0 bridgehead atoms. The first-order valence-electron chi connectivity index (χ1n) is 3.44. The molecule has 0 atom stereocenters. The highest BCUT2D eigenvalue weighted by Crippen LogP contribution is 2.22. The first-order chi connectivity index (χ1) is 5.70. The molecule has 0 amide bonds. The summed E-state index contributed by atoms with van der Waals surface area (Å²) in [6.45, 7) is 1.64. The van der Waals surface area contributed by atoms with Crippen molar-refractivity contribution < 1.29 is 9.90 Å². The number of thiol groups is 1. The van der Waals surface area contributed by atoms with Crippen LogP contribution in [0, 0.1) is 6.92 Å². The van der Waals surface area contributed by atoms with Gasteiger partial charge in [-0.1, -0.05) is 0 Å². The largest absolute Gasteiger partial charge is 0.505 e. The predicted molar refractivity (Wildman–Crippen MR) is 48.7 cm³/mol. The molecule has 1 heterocycles. The van der Waals surface area contributed by atoms with Gasteiger partial charge in [-0.2, -0.15) is 12.6 Å². The van der Waals surface area contributed by atoms with E-state index in [-0.39, 0.29) is 11.3 Å². The van der Waals surface area contributed by atoms with Crippen LogP contribution in [-0.2, 0) is 5.75 Å². The third-order valence-corrected chi connectivity index (χ3v) is 1.99. The van der Waals surface area contributed by atoms with Gasteiger partial charge in [-0.05, 0) is 12.5 Å². The Labute approximate surface area is 75.9 Å². The van der Waals surface area contributed by atoms with Crippen LogP contribution >= 0.6 is 12.6 Å². The van der Waals surface area contributed by atoms with Gasteiger partial charge in [0.25, 0.3) is 0 Å². The molecule has 4 heteroatoms. The van der Waals surface area contributed by atoms with Crippen LogP contribution in [-0.4, -0.2) is 16.4 Å². The van der Waals surface area contributed by atoms with Crippen molar-refractivity contribution in [1.82, 2.24) is 4.98 Å². The van der Waals surface area contributed by atoms with Gasteiger partial charge in [-0.15, -0.1) is 0 Å². The number of pyridine rings is 1. The molecule has 12 heavy (non-hydrogen) atoms. The Morgan fingerprint density at radius 3 is 2.92 bits per heavy atom. The van der Waals surface area contributed by atoms with Crippen molar-refractivity contribution in [3.8, 4) is 5.75 Å². The van der Waals surface area contributed by atoms with Crippen molar-refractivity contribution in [2.45, 2.75) is 12.7 Å². The van der Waals surface area contributed by atoms with Crippen LogP contribution in [0.4, 0.5) is 0 Å². The van der Waals surface area contributed by atoms with E-state index in [1.807, 2.05) is 0 Å². The molecule has 1 rings (SSSR count). The summed E-state index contributed by atoms with van der Waals surface area (Å²) in [6, 6.07) is 0. The summed E-state index contributed by atoms with van der Waals surface area (Å²) < 4.78 is 0. The highest BCUT2D eigenvalue weighted by atomic mass is 32.1. The molecule has 3 nitrogen and oxygen atoms in total. The van der Waals surface area contributed by atoms with E-state index >= 15 is 0 Å². The Bertz CT molecular complexity index is 312. The summed E-state index contributed by atoms with van der Waals surface area (Å²) in [5.74, 6) is 0.353. The van der Waals surface area contributed by atoms with Gasteiger partial charge in [-0.3, -0.25) is 9.78 Å². The molecule has 1 N–H and O–H groups in total. The average Bonchev–Trinajstić information content (AvgIpc) is 2.09. The second-order valence-corrected chi connectivity index (χ2v) is 2.72. The fourth-order valence-corrected chi connectivity index (χ4v) is 1.16. The van der Waals surface area contributed by atoms with E-state index in [2.05, 4.69) is 17.6 Å². The molecule has 0 unspecified atom stereocenters. The summed E-state index contributed by atoms with van der Waals surface area (Å²) in [6.07, 6.45) is 2.17. The molecular formula is C8H9NO2S. The lowest BCUT2D eigenvalue weighted by atomic mass is 10.1. The number of aryl methyl sites for hydroxylation is 1. The molecule has 0 radical (unpaired) electrons. The minimum atomic E-state index is -0.0449. The van der Waals surface area contributed by atoms with Gasteiger partial charge >= 0.3 is 0 Å². The number of carbonyl (C=O) groups excluding carboxylic acids is 1. The maximum Gasteiger partial charge on any atom is 0.154 e. The number of carbonyl (C=O) groups is 1. The van der Waals surface area contributed by atoms with E-state index in [0.717, 1.165) is 0 Å². The van der Waals surface area contributed by atoms with Crippen molar-refractivity contribution in [1.29, 1.82) is 0 Å². The van der Waals surface area contributed by atoms with Crippen LogP contribution in [0.25, 0.3) is 0 Å². The fourth-order valence-electron chi connectivity index (χ4n) is 0.910. The number of hydrogen-bond acceptors (Lipinski definition) is 4. The maximum absolute atomic E-state index is 10.5. The zero-order chi connectivity index (χ0) is 9.14. The molecule has 64 valence electrons. The molecule has 0 aromatic carbocycles. The quantitative estimate of drug-likeness (QED) is 0.537. The van der Waals surface area contributed by atoms with Gasteiger partial charge in [-0.25, -0.2) is 0 Å². The van der Waals surface area contributed by atoms with Crippen molar-refractivity contribution >= 4 is 18.9 Å². The van der Waals surface area contributed by atoms with Gasteiger partial charge < -0.3 is 5.11 Å². The predicted octanol–water partition coefficient (Wildman–Crippen LogP) is 1.34. The Morgan fingerprint density at radius 2 is 2.42 bits per heavy atom. The normalized spacial score (nSPS) is 9.83. The minimum Gasteiger partial charge on any atom is -0.505 e. The van der Waals surface area contributed by atoms with E-state index < -0.39 is 0 Å². The van der Waals surface area contributed by atoms with Crippen molar-refractivity contribution in [2.24, 2.45) is 0 Å². The van der Waals surface area contributed by atoms with E-state index in [1.54, 1.807) is 13.1 Å². The maximum atomic E-state index is 10.5. The third kappa shape index (κ3) is 1.43. The highest BCUT2D eigenvalue weighted by Gasteiger charge is 2.08. The number of rotatable bonds is 2. The zero-order valence-corrected chi connectivity index (χ0v) is 7.51. The van der Waals surface area contributed by atoms with E-state index in [0.29, 0.717) is 23.3 Å². The highest BCUT2D eigenvalue weighted by molar-refractivity contribution is 7.79. The fraction of sp³-hybridized carbons (Fsp3) is 0.250. The van der Waals surface area contributed by atoms with Crippen LogP contribution in [0.15, 0.2) is 6.20 Å². The van der Waals surface area contributed by atoms with Crippen LogP contribution in [0.2, 0.25) is 0 Å². The van der Waals surface area contributed by atoms with Gasteiger partial charge in [0, 0.05) is 11.9 Å². The third-order valence-electron chi connectivity index (χ3n) is 1.65. The van der Waals surface area contributed by atoms with Crippen LogP contribution in [0.3, 0.4) is 0 Å². The van der Waals surface area contributed by atoms with Crippen molar-refractivity contribution in [2.75, 3.05) is 0 Å². The molecule has 1 aromatic heterocycles. The molecule has 1 aromatic rings. The lowest BCUT2D eigenvalue weighted by Gasteiger charge is -2.04. The average molecular weight is 183 g/mol. The van der Waals surface area contributed by atoms with Crippen LogP contribution in [0.1, 0.15) is 21.6 Å². The Hall–Kier alpha value is -1.03. The first-order valence-corrected chi connectivity index (χ1v) is 4.07.